The number of aromatic nitrogens is 21. The third kappa shape index (κ3) is 10.0. The van der Waals surface area contributed by atoms with E-state index in [9.17, 15) is 0 Å². The fourth-order valence-electron chi connectivity index (χ4n) is 12.1. The predicted molar refractivity (Wildman–Crippen MR) is 308 cm³/mol. The van der Waals surface area contributed by atoms with Crippen molar-refractivity contribution in [2.75, 3.05) is 22.9 Å². The molecule has 0 bridgehead atoms. The average Bonchev–Trinajstić information content (AvgIpc) is 3.32. The van der Waals surface area contributed by atoms with E-state index in [4.69, 9.17) is 56.2 Å². The molecule has 12 aromatic rings. The van der Waals surface area contributed by atoms with Gasteiger partial charge in [-0.1, -0.05) is 66.8 Å². The number of rotatable bonds is 8. The quantitative estimate of drug-likeness (QED) is 0.110. The third-order valence-electron chi connectivity index (χ3n) is 16.1. The molecule has 0 spiro atoms. The second kappa shape index (κ2) is 22.5. The highest BCUT2D eigenvalue weighted by Crippen LogP contribution is 2.41. The number of aryl methyl sites for hydroxylation is 4. The van der Waals surface area contributed by atoms with Gasteiger partial charge in [0, 0.05) is 11.6 Å². The van der Waals surface area contributed by atoms with Crippen LogP contribution >= 0.6 is 0 Å². The van der Waals surface area contributed by atoms with Gasteiger partial charge >= 0.3 is 0 Å². The van der Waals surface area contributed by atoms with E-state index in [-0.39, 0.29) is 0 Å². The van der Waals surface area contributed by atoms with Crippen molar-refractivity contribution in [1.29, 1.82) is 0 Å². The lowest BCUT2D eigenvalue weighted by Crippen LogP contribution is -2.07. The van der Waals surface area contributed by atoms with Crippen LogP contribution in [0.15, 0.2) is 61.8 Å². The molecule has 0 saturated heterocycles. The number of anilines is 4. The third-order valence-corrected chi connectivity index (χ3v) is 16.1. The van der Waals surface area contributed by atoms with Crippen molar-refractivity contribution in [3.63, 3.8) is 0 Å². The summed E-state index contributed by atoms with van der Waals surface area (Å²) < 4.78 is 29.3. The zero-order chi connectivity index (χ0) is 57.6. The van der Waals surface area contributed by atoms with E-state index in [2.05, 4.69) is 70.4 Å². The second-order valence-electron chi connectivity index (χ2n) is 21.9. The van der Waals surface area contributed by atoms with Crippen molar-refractivity contribution in [1.82, 2.24) is 104 Å². The Morgan fingerprint density at radius 2 is 0.833 bits per heavy atom. The largest absolute Gasteiger partial charge is 0.443 e. The van der Waals surface area contributed by atoms with Gasteiger partial charge in [-0.05, 0) is 79.1 Å². The number of nitrogens with zero attached hydrogens (tertiary/aromatic N) is 21. The van der Waals surface area contributed by atoms with Gasteiger partial charge in [0.25, 0.3) is 5.89 Å². The first kappa shape index (κ1) is 53.5. The summed E-state index contributed by atoms with van der Waals surface area (Å²) in [5, 5.41) is 33.3. The van der Waals surface area contributed by atoms with Crippen LogP contribution in [0.3, 0.4) is 0 Å². The van der Waals surface area contributed by atoms with Crippen molar-refractivity contribution in [2.45, 2.75) is 155 Å². The number of nitrogens with two attached hydrogens (primary N) is 4. The van der Waals surface area contributed by atoms with Crippen LogP contribution in [0.4, 0.5) is 23.3 Å². The molecule has 12 aromatic heterocycles. The standard InChI is InChI=1S/3C14H16N6O.C13H15N7O/c1-8-6-21-14(18-8)11-10-12(15)16-7-17-13(10)20(19-11)9-4-2-3-5-9;1-8-6-18-21-12(8)11-10-13(15)16-7-17-14(10)20(19-11)9-4-2-3-5-9;1-8-6-10(21-19-8)12-11-13(15)16-7-17-14(11)20(18-12)9-4-2-3-5-9;1-7-17-13(21-19-7)10-9-11(14)15-6-16-12(9)20(18-10)8-4-2-3-5-8/h3*6-7,9H,2-5H2,1H3,(H2,15,16,17);6,8H,2-5H2,1H3,(H2,14,15,16). The van der Waals surface area contributed by atoms with Gasteiger partial charge in [0.1, 0.15) is 66.2 Å². The van der Waals surface area contributed by atoms with E-state index in [1.807, 2.05) is 45.6 Å². The first-order valence-electron chi connectivity index (χ1n) is 28.5. The summed E-state index contributed by atoms with van der Waals surface area (Å²) in [6, 6.07) is 3.32. The summed E-state index contributed by atoms with van der Waals surface area (Å²) in [4.78, 5) is 42.5. The van der Waals surface area contributed by atoms with Gasteiger partial charge in [0.15, 0.2) is 51.3 Å². The molecule has 29 nitrogen and oxygen atoms in total. The number of hydrogen-bond donors (Lipinski definition) is 4. The molecule has 0 aromatic carbocycles. The number of fused-ring (bicyclic) bond motifs is 4. The number of nitrogen functional groups attached to an aromatic ring is 4. The van der Waals surface area contributed by atoms with Crippen molar-refractivity contribution in [3.05, 3.63) is 66.6 Å². The lowest BCUT2D eigenvalue weighted by Gasteiger charge is -2.09. The van der Waals surface area contributed by atoms with Gasteiger partial charge in [-0.2, -0.15) is 25.4 Å². The highest BCUT2D eigenvalue weighted by Gasteiger charge is 2.31. The van der Waals surface area contributed by atoms with Crippen LogP contribution in [0, 0.1) is 27.7 Å². The summed E-state index contributed by atoms with van der Waals surface area (Å²) in [5.41, 5.74) is 32.3. The zero-order valence-electron chi connectivity index (χ0n) is 47.0. The molecule has 4 aliphatic rings. The number of oxazole rings is 1. The highest BCUT2D eigenvalue weighted by atomic mass is 16.5. The van der Waals surface area contributed by atoms with Gasteiger partial charge in [-0.25, -0.2) is 63.6 Å². The van der Waals surface area contributed by atoms with Gasteiger partial charge in [0.05, 0.1) is 63.3 Å². The Kier molecular flexibility index (Phi) is 14.3. The van der Waals surface area contributed by atoms with E-state index in [0.29, 0.717) is 105 Å². The van der Waals surface area contributed by atoms with Gasteiger partial charge in [-0.3, -0.25) is 0 Å². The van der Waals surface area contributed by atoms with Gasteiger partial charge in [-0.15, -0.1) is 0 Å². The van der Waals surface area contributed by atoms with Crippen LogP contribution in [-0.2, 0) is 0 Å². The van der Waals surface area contributed by atoms with Crippen LogP contribution in [0.2, 0.25) is 0 Å². The minimum absolute atomic E-state index is 0.347. The molecular formula is C55H63N25O4. The minimum Gasteiger partial charge on any atom is -0.443 e. The zero-order valence-corrected chi connectivity index (χ0v) is 47.0. The summed E-state index contributed by atoms with van der Waals surface area (Å²) in [7, 11) is 0. The van der Waals surface area contributed by atoms with E-state index < -0.39 is 0 Å². The van der Waals surface area contributed by atoms with E-state index >= 15 is 0 Å². The first-order chi connectivity index (χ1) is 41.0. The molecule has 0 aliphatic heterocycles. The van der Waals surface area contributed by atoms with Crippen LogP contribution in [0.1, 0.15) is 150 Å². The highest BCUT2D eigenvalue weighted by molar-refractivity contribution is 5.99. The van der Waals surface area contributed by atoms with Crippen LogP contribution in [-0.4, -0.2) is 104 Å². The van der Waals surface area contributed by atoms with Crippen LogP contribution in [0.5, 0.6) is 0 Å². The summed E-state index contributed by atoms with van der Waals surface area (Å²) in [5.74, 6) is 4.28. The average molecular weight is 1140 g/mol. The summed E-state index contributed by atoms with van der Waals surface area (Å²) >= 11 is 0. The Morgan fingerprint density at radius 1 is 0.429 bits per heavy atom. The summed E-state index contributed by atoms with van der Waals surface area (Å²) in [6.07, 6.45) is 27.9. The Labute approximate surface area is 478 Å². The summed E-state index contributed by atoms with van der Waals surface area (Å²) in [6.45, 7) is 7.46. The molecule has 4 aliphatic carbocycles. The van der Waals surface area contributed by atoms with Crippen molar-refractivity contribution in [2.24, 2.45) is 0 Å². The van der Waals surface area contributed by atoms with E-state index in [1.165, 1.54) is 76.7 Å². The molecule has 0 amide bonds. The molecule has 84 heavy (non-hydrogen) atoms. The molecule has 12 heterocycles. The lowest BCUT2D eigenvalue weighted by atomic mass is 10.2. The molecule has 432 valence electrons. The SMILES string of the molecule is Cc1cc(-c2nn(C3CCCC3)c3ncnc(N)c23)on1.Cc1cnoc1-c1nn(C2CCCC2)c2ncnc(N)c12.Cc1coc(-c2nn(C3CCCC3)c3ncnc(N)c23)n1.Cc1noc(-c2nn(C3CCCC3)c3ncnc(N)c23)n1. The minimum atomic E-state index is 0.347. The molecule has 8 N–H and O–H groups in total. The lowest BCUT2D eigenvalue weighted by molar-refractivity contribution is 0.421. The first-order valence-corrected chi connectivity index (χ1v) is 28.5. The van der Waals surface area contributed by atoms with Gasteiger partial charge < -0.3 is 40.9 Å². The van der Waals surface area contributed by atoms with E-state index in [0.717, 1.165) is 107 Å². The topological polar surface area (TPSA) is 395 Å². The fraction of sp³-hybridized carbons (Fsp3) is 0.436. The molecule has 0 atom stereocenters. The fourth-order valence-corrected chi connectivity index (χ4v) is 12.1. The normalized spacial score (nSPS) is 16.0. The Balaban J connectivity index is 0.000000104. The Bertz CT molecular complexity index is 3960. The van der Waals surface area contributed by atoms with Crippen molar-refractivity contribution >= 4 is 67.4 Å². The maximum atomic E-state index is 6.06. The molecule has 29 heteroatoms. The van der Waals surface area contributed by atoms with Crippen LogP contribution in [0.25, 0.3) is 90.2 Å². The predicted octanol–water partition coefficient (Wildman–Crippen LogP) is 9.34. The molecular weight excluding hydrogens is 1070 g/mol. The molecule has 16 rings (SSSR count). The van der Waals surface area contributed by atoms with Crippen molar-refractivity contribution < 1.29 is 18.0 Å². The monoisotopic (exact) mass is 1140 g/mol. The molecule has 4 saturated carbocycles. The molecule has 0 radical (unpaired) electrons. The van der Waals surface area contributed by atoms with Gasteiger partial charge in [0.2, 0.25) is 5.89 Å². The number of hydrogen-bond acceptors (Lipinski definition) is 25. The van der Waals surface area contributed by atoms with Crippen molar-refractivity contribution in [3.8, 4) is 46.1 Å². The van der Waals surface area contributed by atoms with Crippen LogP contribution < -0.4 is 22.9 Å². The Hall–Kier alpha value is -9.83. The maximum Gasteiger partial charge on any atom is 0.279 e. The Morgan fingerprint density at radius 3 is 1.20 bits per heavy atom. The molecule has 0 unspecified atom stereocenters. The second-order valence-corrected chi connectivity index (χ2v) is 21.9. The van der Waals surface area contributed by atoms with E-state index in [1.54, 1.807) is 19.4 Å². The maximum absolute atomic E-state index is 6.06. The smallest absolute Gasteiger partial charge is 0.279 e. The molecule has 4 fully saturated rings.